The first kappa shape index (κ1) is 18.3. The van der Waals surface area contributed by atoms with Crippen LogP contribution in [0.2, 0.25) is 0 Å². The molecule has 1 aliphatic heterocycles. The Morgan fingerprint density at radius 1 is 1.07 bits per heavy atom. The van der Waals surface area contributed by atoms with Crippen molar-refractivity contribution in [3.63, 3.8) is 0 Å². The number of alkyl halides is 2. The van der Waals surface area contributed by atoms with Crippen LogP contribution >= 0.6 is 0 Å². The van der Waals surface area contributed by atoms with E-state index in [4.69, 9.17) is 0 Å². The average Bonchev–Trinajstić information content (AvgIpc) is 3.02. The van der Waals surface area contributed by atoms with E-state index < -0.39 is 18.6 Å². The molecule has 1 atom stereocenters. The van der Waals surface area contributed by atoms with Crippen molar-refractivity contribution in [3.05, 3.63) is 48.0 Å². The number of halogens is 2. The smallest absolute Gasteiger partial charge is 0.289 e. The number of piperazine rings is 1. The predicted molar refractivity (Wildman–Crippen MR) is 104 cm³/mol. The summed E-state index contributed by atoms with van der Waals surface area (Å²) in [5.74, 6) is -3.20. The van der Waals surface area contributed by atoms with Gasteiger partial charge < -0.3 is 15.0 Å². The lowest BCUT2D eigenvalue weighted by Crippen LogP contribution is -2.51. The number of aliphatic hydroxyl groups is 1. The minimum atomic E-state index is -3.20. The Bertz CT molecular complexity index is 947. The molecule has 0 aliphatic carbocycles. The van der Waals surface area contributed by atoms with E-state index in [1.165, 1.54) is 0 Å². The molecule has 27 heavy (non-hydrogen) atoms. The van der Waals surface area contributed by atoms with E-state index in [2.05, 4.69) is 22.9 Å². The van der Waals surface area contributed by atoms with Gasteiger partial charge in [-0.1, -0.05) is 24.3 Å². The molecule has 0 saturated carbocycles. The SMILES string of the molecule is CCn1c2ccccc2c2cc([C@H](N3CCNCC3)C(F)(F)CO)ccc21. The number of para-hydroxylation sites is 1. The molecule has 1 saturated heterocycles. The Hall–Kier alpha value is -2.02. The van der Waals surface area contributed by atoms with Crippen molar-refractivity contribution in [2.24, 2.45) is 0 Å². The van der Waals surface area contributed by atoms with Crippen LogP contribution in [0.5, 0.6) is 0 Å². The summed E-state index contributed by atoms with van der Waals surface area (Å²) in [4.78, 5) is 1.78. The highest BCUT2D eigenvalue weighted by Crippen LogP contribution is 2.39. The van der Waals surface area contributed by atoms with E-state index in [9.17, 15) is 13.9 Å². The highest BCUT2D eigenvalue weighted by atomic mass is 19.3. The number of rotatable bonds is 5. The highest BCUT2D eigenvalue weighted by molar-refractivity contribution is 6.08. The Labute approximate surface area is 157 Å². The molecule has 0 unspecified atom stereocenters. The first-order valence-electron chi connectivity index (χ1n) is 9.51. The molecule has 4 rings (SSSR count). The second-order valence-corrected chi connectivity index (χ2v) is 7.15. The zero-order valence-corrected chi connectivity index (χ0v) is 15.5. The Kier molecular flexibility index (Phi) is 4.88. The van der Waals surface area contributed by atoms with Gasteiger partial charge in [-0.15, -0.1) is 0 Å². The van der Waals surface area contributed by atoms with Gasteiger partial charge in [-0.2, -0.15) is 0 Å². The molecule has 6 heteroatoms. The summed E-state index contributed by atoms with van der Waals surface area (Å²) < 4.78 is 31.7. The summed E-state index contributed by atoms with van der Waals surface area (Å²) in [5, 5.41) is 14.6. The third kappa shape index (κ3) is 3.12. The van der Waals surface area contributed by atoms with Crippen molar-refractivity contribution in [1.29, 1.82) is 0 Å². The summed E-state index contributed by atoms with van der Waals surface area (Å²) in [5.41, 5.74) is 2.72. The maximum absolute atomic E-state index is 14.8. The van der Waals surface area contributed by atoms with E-state index >= 15 is 0 Å². The highest BCUT2D eigenvalue weighted by Gasteiger charge is 2.44. The van der Waals surface area contributed by atoms with Crippen molar-refractivity contribution in [3.8, 4) is 0 Å². The fourth-order valence-corrected chi connectivity index (χ4v) is 4.33. The lowest BCUT2D eigenvalue weighted by atomic mass is 9.96. The Morgan fingerprint density at radius 3 is 2.48 bits per heavy atom. The molecule has 0 bridgehead atoms. The van der Waals surface area contributed by atoms with Gasteiger partial charge >= 0.3 is 0 Å². The fourth-order valence-electron chi connectivity index (χ4n) is 4.33. The molecule has 4 nitrogen and oxygen atoms in total. The summed E-state index contributed by atoms with van der Waals surface area (Å²) in [6.45, 7) is 4.17. The molecule has 1 fully saturated rings. The van der Waals surface area contributed by atoms with Crippen LogP contribution in [0.25, 0.3) is 21.8 Å². The van der Waals surface area contributed by atoms with Crippen LogP contribution in [0.3, 0.4) is 0 Å². The van der Waals surface area contributed by atoms with Gasteiger partial charge in [-0.05, 0) is 30.7 Å². The molecule has 2 aromatic carbocycles. The van der Waals surface area contributed by atoms with Crippen LogP contribution in [-0.4, -0.2) is 53.3 Å². The van der Waals surface area contributed by atoms with Gasteiger partial charge in [0.05, 0.1) is 0 Å². The second-order valence-electron chi connectivity index (χ2n) is 7.15. The minimum absolute atomic E-state index is 0.537. The number of hydrogen-bond donors (Lipinski definition) is 2. The van der Waals surface area contributed by atoms with Gasteiger partial charge in [-0.3, -0.25) is 4.90 Å². The lowest BCUT2D eigenvalue weighted by molar-refractivity contribution is -0.118. The van der Waals surface area contributed by atoms with Gasteiger partial charge in [0.25, 0.3) is 5.92 Å². The molecular weight excluding hydrogens is 348 g/mol. The molecule has 2 heterocycles. The third-order valence-corrected chi connectivity index (χ3v) is 5.56. The monoisotopic (exact) mass is 373 g/mol. The van der Waals surface area contributed by atoms with E-state index in [-0.39, 0.29) is 0 Å². The van der Waals surface area contributed by atoms with Crippen LogP contribution in [0, 0.1) is 0 Å². The summed E-state index contributed by atoms with van der Waals surface area (Å²) >= 11 is 0. The topological polar surface area (TPSA) is 40.4 Å². The van der Waals surface area contributed by atoms with Gasteiger partial charge in [0.2, 0.25) is 0 Å². The average molecular weight is 373 g/mol. The van der Waals surface area contributed by atoms with Crippen molar-refractivity contribution >= 4 is 21.8 Å². The van der Waals surface area contributed by atoms with Crippen LogP contribution < -0.4 is 5.32 Å². The number of nitrogens with one attached hydrogen (secondary N) is 1. The molecule has 144 valence electrons. The Morgan fingerprint density at radius 2 is 1.78 bits per heavy atom. The maximum Gasteiger partial charge on any atom is 0.289 e. The van der Waals surface area contributed by atoms with Gasteiger partial charge in [0.1, 0.15) is 12.6 Å². The van der Waals surface area contributed by atoms with Crippen LogP contribution in [0.4, 0.5) is 8.78 Å². The zero-order valence-electron chi connectivity index (χ0n) is 15.5. The van der Waals surface area contributed by atoms with Crippen molar-refractivity contribution in [2.75, 3.05) is 32.8 Å². The summed E-state index contributed by atoms with van der Waals surface area (Å²) in [6, 6.07) is 12.6. The molecule has 0 radical (unpaired) electrons. The number of aliphatic hydroxyl groups excluding tert-OH is 1. The van der Waals surface area contributed by atoms with Crippen molar-refractivity contribution in [2.45, 2.75) is 25.4 Å². The van der Waals surface area contributed by atoms with Crippen molar-refractivity contribution in [1.82, 2.24) is 14.8 Å². The number of aryl methyl sites for hydroxylation is 1. The summed E-state index contributed by atoms with van der Waals surface area (Å²) in [7, 11) is 0. The first-order valence-corrected chi connectivity index (χ1v) is 9.51. The van der Waals surface area contributed by atoms with E-state index in [1.54, 1.807) is 11.0 Å². The quantitative estimate of drug-likeness (QED) is 0.720. The number of aromatic nitrogens is 1. The molecule has 1 aromatic heterocycles. The molecule has 3 aromatic rings. The van der Waals surface area contributed by atoms with Gasteiger partial charge in [0, 0.05) is 54.5 Å². The van der Waals surface area contributed by atoms with Gasteiger partial charge in [0.15, 0.2) is 0 Å². The van der Waals surface area contributed by atoms with Crippen LogP contribution in [0.15, 0.2) is 42.5 Å². The van der Waals surface area contributed by atoms with E-state index in [1.807, 2.05) is 30.3 Å². The minimum Gasteiger partial charge on any atom is -0.390 e. The molecule has 1 aliphatic rings. The molecule has 0 amide bonds. The normalized spacial score (nSPS) is 17.6. The predicted octanol–water partition coefficient (Wildman–Crippen LogP) is 3.39. The fraction of sp³-hybridized carbons (Fsp3) is 0.429. The van der Waals surface area contributed by atoms with E-state index in [0.717, 1.165) is 28.4 Å². The van der Waals surface area contributed by atoms with Crippen LogP contribution in [-0.2, 0) is 6.54 Å². The van der Waals surface area contributed by atoms with Crippen LogP contribution in [0.1, 0.15) is 18.5 Å². The third-order valence-electron chi connectivity index (χ3n) is 5.56. The Balaban J connectivity index is 1.89. The maximum atomic E-state index is 14.8. The lowest BCUT2D eigenvalue weighted by Gasteiger charge is -2.38. The molecular formula is C21H25F2N3O. The number of hydrogen-bond acceptors (Lipinski definition) is 3. The number of nitrogens with zero attached hydrogens (tertiary/aromatic N) is 2. The second kappa shape index (κ2) is 7.19. The van der Waals surface area contributed by atoms with E-state index in [0.29, 0.717) is 31.7 Å². The molecule has 2 N–H and O–H groups in total. The number of benzene rings is 2. The number of fused-ring (bicyclic) bond motifs is 3. The summed E-state index contributed by atoms with van der Waals surface area (Å²) in [6.07, 6.45) is 0. The first-order chi connectivity index (χ1) is 13.1. The van der Waals surface area contributed by atoms with Gasteiger partial charge in [-0.25, -0.2) is 8.78 Å². The standard InChI is InChI=1S/C21H25F2N3O/c1-2-26-18-6-4-3-5-16(18)17-13-15(7-8-19(17)26)20(21(22,23)14-27)25-11-9-24-10-12-25/h3-8,13,20,24,27H,2,9-12,14H2,1H3/t20-/m0/s1. The van der Waals surface area contributed by atoms with Crippen molar-refractivity contribution < 1.29 is 13.9 Å². The molecule has 0 spiro atoms. The largest absolute Gasteiger partial charge is 0.390 e. The zero-order chi connectivity index (χ0) is 19.0.